The fourth-order valence-corrected chi connectivity index (χ4v) is 2.94. The van der Waals surface area contributed by atoms with Crippen LogP contribution in [0.15, 0.2) is 21.3 Å². The van der Waals surface area contributed by atoms with Gasteiger partial charge in [-0.05, 0) is 18.6 Å². The first kappa shape index (κ1) is 14.4. The number of quaternary nitrogens is 1. The summed E-state index contributed by atoms with van der Waals surface area (Å²) < 4.78 is 16.3. The number of halogens is 1. The number of methoxy groups -OCH3 is 1. The minimum atomic E-state index is -0.353. The lowest BCUT2D eigenvalue weighted by molar-refractivity contribution is -0.932. The lowest BCUT2D eigenvalue weighted by Gasteiger charge is -2.27. The maximum atomic E-state index is 11.7. The van der Waals surface area contributed by atoms with Crippen molar-refractivity contribution in [1.29, 1.82) is 0 Å². The Hall–Kier alpha value is -1.56. The van der Waals surface area contributed by atoms with Gasteiger partial charge in [-0.3, -0.25) is 4.90 Å². The summed E-state index contributed by atoms with van der Waals surface area (Å²) in [7, 11) is 1.67. The molecule has 0 radical (unpaired) electrons. The molecule has 1 atom stereocenters. The van der Waals surface area contributed by atoms with Crippen molar-refractivity contribution in [3.05, 3.63) is 38.7 Å². The molecular formula is C15H17ClNO4+. The molecule has 1 aromatic carbocycles. The number of ether oxygens (including phenoxy) is 2. The summed E-state index contributed by atoms with van der Waals surface area (Å²) >= 11 is 6.31. The van der Waals surface area contributed by atoms with Crippen LogP contribution in [0.2, 0.25) is 5.02 Å². The molecule has 0 bridgehead atoms. The Bertz CT molecular complexity index is 741. The summed E-state index contributed by atoms with van der Waals surface area (Å²) in [4.78, 5) is 12.9. The van der Waals surface area contributed by atoms with Crippen molar-refractivity contribution in [2.75, 3.05) is 27.0 Å². The van der Waals surface area contributed by atoms with E-state index in [0.717, 1.165) is 23.1 Å². The van der Waals surface area contributed by atoms with Crippen molar-refractivity contribution in [2.45, 2.75) is 13.5 Å². The maximum Gasteiger partial charge on any atom is 0.336 e. The fourth-order valence-electron chi connectivity index (χ4n) is 2.66. The van der Waals surface area contributed by atoms with Crippen molar-refractivity contribution >= 4 is 22.6 Å². The Morgan fingerprint density at radius 3 is 3.00 bits per heavy atom. The summed E-state index contributed by atoms with van der Waals surface area (Å²) in [6.45, 7) is 4.57. The molecule has 1 N–H and O–H groups in total. The predicted molar refractivity (Wildman–Crippen MR) is 79.1 cm³/mol. The van der Waals surface area contributed by atoms with Crippen LogP contribution in [0, 0.1) is 6.92 Å². The average molecular weight is 311 g/mol. The zero-order valence-electron chi connectivity index (χ0n) is 12.0. The van der Waals surface area contributed by atoms with E-state index in [2.05, 4.69) is 0 Å². The summed E-state index contributed by atoms with van der Waals surface area (Å²) in [5, 5.41) is 1.41. The van der Waals surface area contributed by atoms with E-state index >= 15 is 0 Å². The number of rotatable bonds is 3. The third kappa shape index (κ3) is 2.64. The van der Waals surface area contributed by atoms with Gasteiger partial charge in [0.25, 0.3) is 0 Å². The lowest BCUT2D eigenvalue weighted by Crippen LogP contribution is -3.12. The SMILES string of the molecule is COCC[NH+]1COc2c(Cl)cc3c(C)cc(=O)oc3c2C1. The first-order valence-electron chi connectivity index (χ1n) is 6.81. The fraction of sp³-hybridized carbons (Fsp3) is 0.400. The molecule has 2 aromatic rings. The topological polar surface area (TPSA) is 53.1 Å². The van der Waals surface area contributed by atoms with Crippen LogP contribution in [-0.4, -0.2) is 27.0 Å². The number of nitrogens with one attached hydrogen (secondary N) is 1. The molecule has 112 valence electrons. The maximum absolute atomic E-state index is 11.7. The van der Waals surface area contributed by atoms with Crippen molar-refractivity contribution < 1.29 is 18.8 Å². The third-order valence-electron chi connectivity index (χ3n) is 3.75. The molecule has 0 spiro atoms. The summed E-state index contributed by atoms with van der Waals surface area (Å²) in [6, 6.07) is 3.28. The van der Waals surface area contributed by atoms with E-state index in [1.165, 1.54) is 11.0 Å². The molecule has 1 unspecified atom stereocenters. The van der Waals surface area contributed by atoms with Crippen molar-refractivity contribution in [1.82, 2.24) is 0 Å². The molecule has 3 rings (SSSR count). The van der Waals surface area contributed by atoms with Crippen molar-refractivity contribution in [2.24, 2.45) is 0 Å². The van der Waals surface area contributed by atoms with Crippen LogP contribution in [0.4, 0.5) is 0 Å². The molecule has 0 saturated heterocycles. The molecule has 1 aliphatic rings. The van der Waals surface area contributed by atoms with E-state index in [9.17, 15) is 4.79 Å². The van der Waals surface area contributed by atoms with Gasteiger partial charge in [0.15, 0.2) is 11.3 Å². The number of hydrogen-bond acceptors (Lipinski definition) is 4. The molecule has 21 heavy (non-hydrogen) atoms. The second-order valence-corrected chi connectivity index (χ2v) is 5.66. The van der Waals surface area contributed by atoms with Crippen LogP contribution in [0.5, 0.6) is 5.75 Å². The Kier molecular flexibility index (Phi) is 3.89. The van der Waals surface area contributed by atoms with Gasteiger partial charge in [-0.15, -0.1) is 0 Å². The summed E-state index contributed by atoms with van der Waals surface area (Å²) in [5.41, 5.74) is 1.94. The van der Waals surface area contributed by atoms with Gasteiger partial charge in [0.1, 0.15) is 13.1 Å². The molecule has 1 aliphatic heterocycles. The molecule has 0 aliphatic carbocycles. The van der Waals surface area contributed by atoms with Crippen LogP contribution in [-0.2, 0) is 11.3 Å². The quantitative estimate of drug-likeness (QED) is 0.864. The average Bonchev–Trinajstić information content (AvgIpc) is 2.46. The van der Waals surface area contributed by atoms with E-state index in [0.29, 0.717) is 36.2 Å². The van der Waals surface area contributed by atoms with E-state index in [-0.39, 0.29) is 5.63 Å². The van der Waals surface area contributed by atoms with Gasteiger partial charge in [0.05, 0.1) is 17.2 Å². The van der Waals surface area contributed by atoms with E-state index in [1.807, 2.05) is 6.92 Å². The number of benzene rings is 1. The molecule has 0 amide bonds. The third-order valence-corrected chi connectivity index (χ3v) is 4.03. The van der Waals surface area contributed by atoms with Crippen LogP contribution < -0.4 is 15.3 Å². The molecule has 6 heteroatoms. The van der Waals surface area contributed by atoms with Gasteiger partial charge < -0.3 is 13.9 Å². The number of hydrogen-bond donors (Lipinski definition) is 1. The minimum absolute atomic E-state index is 0.353. The second-order valence-electron chi connectivity index (χ2n) is 5.25. The minimum Gasteiger partial charge on any atom is -0.443 e. The molecular weight excluding hydrogens is 294 g/mol. The predicted octanol–water partition coefficient (Wildman–Crippen LogP) is 1.14. The summed E-state index contributed by atoms with van der Waals surface area (Å²) in [5.74, 6) is 0.624. The highest BCUT2D eigenvalue weighted by molar-refractivity contribution is 6.33. The van der Waals surface area contributed by atoms with Gasteiger partial charge in [-0.1, -0.05) is 11.6 Å². The first-order valence-corrected chi connectivity index (χ1v) is 7.19. The zero-order chi connectivity index (χ0) is 15.0. The van der Waals surface area contributed by atoms with E-state index < -0.39 is 0 Å². The van der Waals surface area contributed by atoms with Gasteiger partial charge in [0, 0.05) is 18.6 Å². The van der Waals surface area contributed by atoms with Crippen molar-refractivity contribution in [3.63, 3.8) is 0 Å². The standard InChI is InChI=1S/C15H16ClNO4/c1-9-5-13(18)21-14-10(9)6-12(16)15-11(14)7-17(8-20-15)3-4-19-2/h5-6H,3-4,7-8H2,1-2H3/p+1. The first-order chi connectivity index (χ1) is 10.1. The highest BCUT2D eigenvalue weighted by Crippen LogP contribution is 2.36. The normalized spacial score (nSPS) is 17.6. The van der Waals surface area contributed by atoms with Crippen LogP contribution in [0.25, 0.3) is 11.0 Å². The molecule has 1 aromatic heterocycles. The van der Waals surface area contributed by atoms with E-state index in [4.69, 9.17) is 25.5 Å². The Morgan fingerprint density at radius 1 is 1.43 bits per heavy atom. The number of aryl methyl sites for hydroxylation is 1. The molecule has 2 heterocycles. The molecule has 0 saturated carbocycles. The zero-order valence-corrected chi connectivity index (χ0v) is 12.8. The molecule has 0 fully saturated rings. The van der Waals surface area contributed by atoms with Gasteiger partial charge in [0.2, 0.25) is 6.73 Å². The van der Waals surface area contributed by atoms with Gasteiger partial charge >= 0.3 is 5.63 Å². The monoisotopic (exact) mass is 310 g/mol. The van der Waals surface area contributed by atoms with Crippen LogP contribution in [0.3, 0.4) is 0 Å². The van der Waals surface area contributed by atoms with Gasteiger partial charge in [-0.25, -0.2) is 4.79 Å². The molecule has 5 nitrogen and oxygen atoms in total. The lowest BCUT2D eigenvalue weighted by atomic mass is 10.0. The van der Waals surface area contributed by atoms with Crippen LogP contribution in [0.1, 0.15) is 11.1 Å². The van der Waals surface area contributed by atoms with E-state index in [1.54, 1.807) is 13.2 Å². The summed E-state index contributed by atoms with van der Waals surface area (Å²) in [6.07, 6.45) is 0. The Labute approximate surface area is 127 Å². The van der Waals surface area contributed by atoms with Crippen molar-refractivity contribution in [3.8, 4) is 5.75 Å². The smallest absolute Gasteiger partial charge is 0.336 e. The Balaban J connectivity index is 2.13. The Morgan fingerprint density at radius 2 is 2.24 bits per heavy atom. The second kappa shape index (κ2) is 5.67. The van der Waals surface area contributed by atoms with Crippen LogP contribution >= 0.6 is 11.6 Å². The highest BCUT2D eigenvalue weighted by Gasteiger charge is 2.27. The number of fused-ring (bicyclic) bond motifs is 3. The largest absolute Gasteiger partial charge is 0.443 e. The van der Waals surface area contributed by atoms with Gasteiger partial charge in [-0.2, -0.15) is 0 Å². The highest BCUT2D eigenvalue weighted by atomic mass is 35.5.